The molecule has 36 heavy (non-hydrogen) atoms. The number of anilines is 1. The lowest BCUT2D eigenvalue weighted by molar-refractivity contribution is -0.157. The molecule has 0 unspecified atom stereocenters. The van der Waals surface area contributed by atoms with Crippen LogP contribution in [0.1, 0.15) is 26.3 Å². The standard InChI is InChI=1S/C29H35N3O4/c1-29(2,3)36-28(33)21-35-25-12-13-26(22-8-10-24(34-4)11-9-22)23(19-25)20-31-15-17-32(18-16-31)27-7-5-6-14-30-27/h5-14,19H,15-18,20-21H2,1-4H3. The molecule has 2 aromatic carbocycles. The topological polar surface area (TPSA) is 64.1 Å². The molecule has 0 atom stereocenters. The number of pyridine rings is 1. The molecular formula is C29H35N3O4. The maximum absolute atomic E-state index is 12.2. The van der Waals surface area contributed by atoms with Gasteiger partial charge in [-0.2, -0.15) is 0 Å². The van der Waals surface area contributed by atoms with Gasteiger partial charge < -0.3 is 19.1 Å². The molecule has 7 nitrogen and oxygen atoms in total. The molecule has 1 aliphatic heterocycles. The highest BCUT2D eigenvalue weighted by molar-refractivity contribution is 5.72. The van der Waals surface area contributed by atoms with Crippen molar-refractivity contribution >= 4 is 11.8 Å². The van der Waals surface area contributed by atoms with Gasteiger partial charge in [-0.05, 0) is 73.9 Å². The van der Waals surface area contributed by atoms with Crippen molar-refractivity contribution < 1.29 is 19.0 Å². The van der Waals surface area contributed by atoms with Crippen molar-refractivity contribution in [3.8, 4) is 22.6 Å². The number of ether oxygens (including phenoxy) is 3. The second kappa shape index (κ2) is 11.4. The molecule has 2 heterocycles. The van der Waals surface area contributed by atoms with Crippen LogP contribution in [0.15, 0.2) is 66.9 Å². The number of benzene rings is 2. The minimum absolute atomic E-state index is 0.124. The largest absolute Gasteiger partial charge is 0.497 e. The molecule has 3 aromatic rings. The van der Waals surface area contributed by atoms with Crippen LogP contribution in [0.25, 0.3) is 11.1 Å². The highest BCUT2D eigenvalue weighted by Crippen LogP contribution is 2.30. The van der Waals surface area contributed by atoms with Gasteiger partial charge in [-0.1, -0.05) is 24.3 Å². The summed E-state index contributed by atoms with van der Waals surface area (Å²) < 4.78 is 16.5. The minimum Gasteiger partial charge on any atom is -0.497 e. The third-order valence-corrected chi connectivity index (χ3v) is 5.99. The zero-order valence-electron chi connectivity index (χ0n) is 21.6. The minimum atomic E-state index is -0.540. The fourth-order valence-corrected chi connectivity index (χ4v) is 4.27. The van der Waals surface area contributed by atoms with Crippen molar-refractivity contribution in [3.63, 3.8) is 0 Å². The Balaban J connectivity index is 1.49. The summed E-state index contributed by atoms with van der Waals surface area (Å²) in [7, 11) is 1.67. The average Bonchev–Trinajstić information content (AvgIpc) is 2.88. The third-order valence-electron chi connectivity index (χ3n) is 5.99. The van der Waals surface area contributed by atoms with E-state index in [1.165, 1.54) is 0 Å². The van der Waals surface area contributed by atoms with Crippen LogP contribution in [0.5, 0.6) is 11.5 Å². The monoisotopic (exact) mass is 489 g/mol. The van der Waals surface area contributed by atoms with Gasteiger partial charge in [-0.25, -0.2) is 9.78 Å². The van der Waals surface area contributed by atoms with E-state index in [2.05, 4.69) is 39.0 Å². The van der Waals surface area contributed by atoms with E-state index in [1.807, 2.05) is 63.4 Å². The number of carbonyl (C=O) groups excluding carboxylic acids is 1. The first-order valence-corrected chi connectivity index (χ1v) is 12.3. The molecule has 7 heteroatoms. The van der Waals surface area contributed by atoms with E-state index in [1.54, 1.807) is 7.11 Å². The van der Waals surface area contributed by atoms with E-state index in [0.29, 0.717) is 5.75 Å². The second-order valence-corrected chi connectivity index (χ2v) is 9.87. The number of aromatic nitrogens is 1. The molecule has 1 saturated heterocycles. The SMILES string of the molecule is COc1ccc(-c2ccc(OCC(=O)OC(C)(C)C)cc2CN2CCN(c3ccccn3)CC2)cc1. The Morgan fingerprint density at radius 3 is 2.31 bits per heavy atom. The van der Waals surface area contributed by atoms with Gasteiger partial charge in [0.25, 0.3) is 0 Å². The Morgan fingerprint density at radius 1 is 0.944 bits per heavy atom. The molecule has 0 saturated carbocycles. The lowest BCUT2D eigenvalue weighted by Crippen LogP contribution is -2.46. The third kappa shape index (κ3) is 6.98. The molecule has 0 N–H and O–H groups in total. The van der Waals surface area contributed by atoms with Crippen LogP contribution in [-0.4, -0.2) is 61.3 Å². The fraction of sp³-hybridized carbons (Fsp3) is 0.379. The predicted octanol–water partition coefficient (Wildman–Crippen LogP) is 4.80. The predicted molar refractivity (Wildman–Crippen MR) is 141 cm³/mol. The number of methoxy groups -OCH3 is 1. The molecule has 0 radical (unpaired) electrons. The maximum Gasteiger partial charge on any atom is 0.344 e. The van der Waals surface area contributed by atoms with Crippen LogP contribution in [-0.2, 0) is 16.1 Å². The van der Waals surface area contributed by atoms with Gasteiger partial charge in [0.15, 0.2) is 6.61 Å². The van der Waals surface area contributed by atoms with Crippen LogP contribution in [0.4, 0.5) is 5.82 Å². The first kappa shape index (κ1) is 25.5. The molecule has 4 rings (SSSR count). The number of piperazine rings is 1. The number of hydrogen-bond acceptors (Lipinski definition) is 7. The molecule has 190 valence electrons. The van der Waals surface area contributed by atoms with E-state index in [-0.39, 0.29) is 12.6 Å². The fourth-order valence-electron chi connectivity index (χ4n) is 4.27. The number of hydrogen-bond donors (Lipinski definition) is 0. The van der Waals surface area contributed by atoms with Gasteiger partial charge in [0.2, 0.25) is 0 Å². The van der Waals surface area contributed by atoms with Gasteiger partial charge in [0.1, 0.15) is 22.9 Å². The molecular weight excluding hydrogens is 454 g/mol. The molecule has 0 amide bonds. The van der Waals surface area contributed by atoms with Gasteiger partial charge in [-0.15, -0.1) is 0 Å². The number of carbonyl (C=O) groups is 1. The summed E-state index contributed by atoms with van der Waals surface area (Å²) in [5.74, 6) is 2.12. The van der Waals surface area contributed by atoms with Crippen molar-refractivity contribution in [2.24, 2.45) is 0 Å². The summed E-state index contributed by atoms with van der Waals surface area (Å²) in [5, 5.41) is 0. The summed E-state index contributed by atoms with van der Waals surface area (Å²) in [6.07, 6.45) is 1.84. The normalized spacial score (nSPS) is 14.4. The van der Waals surface area contributed by atoms with Crippen molar-refractivity contribution in [2.75, 3.05) is 44.8 Å². The molecule has 1 aliphatic rings. The summed E-state index contributed by atoms with van der Waals surface area (Å²) in [5.41, 5.74) is 2.85. The first-order valence-electron chi connectivity index (χ1n) is 12.3. The van der Waals surface area contributed by atoms with E-state index >= 15 is 0 Å². The summed E-state index contributed by atoms with van der Waals surface area (Å²) in [4.78, 5) is 21.4. The van der Waals surface area contributed by atoms with Crippen molar-refractivity contribution in [1.29, 1.82) is 0 Å². The molecule has 1 fully saturated rings. The lowest BCUT2D eigenvalue weighted by atomic mass is 9.98. The van der Waals surface area contributed by atoms with Crippen molar-refractivity contribution in [1.82, 2.24) is 9.88 Å². The Bertz CT molecular complexity index is 1140. The van der Waals surface area contributed by atoms with Crippen LogP contribution in [0.2, 0.25) is 0 Å². The van der Waals surface area contributed by atoms with Crippen LogP contribution in [0, 0.1) is 0 Å². The molecule has 0 bridgehead atoms. The number of esters is 1. The van der Waals surface area contributed by atoms with E-state index < -0.39 is 5.60 Å². The van der Waals surface area contributed by atoms with Crippen LogP contribution in [0.3, 0.4) is 0 Å². The van der Waals surface area contributed by atoms with Gasteiger partial charge >= 0.3 is 5.97 Å². The summed E-state index contributed by atoms with van der Waals surface area (Å²) >= 11 is 0. The zero-order valence-corrected chi connectivity index (χ0v) is 21.6. The molecule has 0 spiro atoms. The lowest BCUT2D eigenvalue weighted by Gasteiger charge is -2.35. The smallest absolute Gasteiger partial charge is 0.344 e. The second-order valence-electron chi connectivity index (χ2n) is 9.87. The molecule has 1 aromatic heterocycles. The van der Waals surface area contributed by atoms with Crippen molar-refractivity contribution in [3.05, 3.63) is 72.4 Å². The quantitative estimate of drug-likeness (QED) is 0.421. The average molecular weight is 490 g/mol. The van der Waals surface area contributed by atoms with Crippen LogP contribution < -0.4 is 14.4 Å². The highest BCUT2D eigenvalue weighted by Gasteiger charge is 2.20. The number of nitrogens with zero attached hydrogens (tertiary/aromatic N) is 3. The van der Waals surface area contributed by atoms with Crippen molar-refractivity contribution in [2.45, 2.75) is 32.9 Å². The summed E-state index contributed by atoms with van der Waals surface area (Å²) in [6, 6.07) is 20.1. The zero-order chi connectivity index (χ0) is 25.5. The van der Waals surface area contributed by atoms with Gasteiger partial charge in [0, 0.05) is 38.9 Å². The Labute approximate surface area is 213 Å². The van der Waals surface area contributed by atoms with E-state index in [0.717, 1.165) is 61.0 Å². The first-order chi connectivity index (χ1) is 17.3. The van der Waals surface area contributed by atoms with Gasteiger partial charge in [0.05, 0.1) is 7.11 Å². The van der Waals surface area contributed by atoms with E-state index in [4.69, 9.17) is 14.2 Å². The Morgan fingerprint density at radius 2 is 1.67 bits per heavy atom. The maximum atomic E-state index is 12.2. The molecule has 0 aliphatic carbocycles. The van der Waals surface area contributed by atoms with Crippen LogP contribution >= 0.6 is 0 Å². The Hall–Kier alpha value is -3.58. The van der Waals surface area contributed by atoms with E-state index in [9.17, 15) is 4.79 Å². The van der Waals surface area contributed by atoms with Gasteiger partial charge in [-0.3, -0.25) is 4.90 Å². The highest BCUT2D eigenvalue weighted by atomic mass is 16.6. The number of rotatable bonds is 8. The Kier molecular flexibility index (Phi) is 8.10. The summed E-state index contributed by atoms with van der Waals surface area (Å²) in [6.45, 7) is 9.90.